The van der Waals surface area contributed by atoms with E-state index in [0.29, 0.717) is 37.6 Å². The van der Waals surface area contributed by atoms with Gasteiger partial charge in [-0.05, 0) is 36.1 Å². The minimum absolute atomic E-state index is 0.174. The number of carbonyl (C=O) groups is 2. The Balaban J connectivity index is 1.75. The van der Waals surface area contributed by atoms with E-state index in [1.807, 2.05) is 55.5 Å². The summed E-state index contributed by atoms with van der Waals surface area (Å²) in [5.74, 6) is 0.688. The van der Waals surface area contributed by atoms with Crippen molar-refractivity contribution in [2.75, 3.05) is 34.0 Å². The van der Waals surface area contributed by atoms with E-state index in [1.54, 1.807) is 14.2 Å². The van der Waals surface area contributed by atoms with Crippen molar-refractivity contribution in [1.29, 1.82) is 0 Å². The Kier molecular flexibility index (Phi) is 8.50. The molecule has 0 bridgehead atoms. The highest BCUT2D eigenvalue weighted by Crippen LogP contribution is 2.32. The molecular formula is C25H31NO6. The van der Waals surface area contributed by atoms with E-state index in [9.17, 15) is 9.59 Å². The standard InChI is InChI=1S/C25H31NO6/c1-4-19(15-18-11-12-22(30-3)23(16-18)31-14-8-13-29-2)24(27)26-21(17-32-25(26)28)20-9-6-5-7-10-20/h5-7,9-12,16,19,21H,4,8,13-15,17H2,1-3H3/t19-,21-/m0/s1. The van der Waals surface area contributed by atoms with Gasteiger partial charge in [0, 0.05) is 26.1 Å². The second kappa shape index (κ2) is 11.5. The highest BCUT2D eigenvalue weighted by Gasteiger charge is 2.41. The second-order valence-corrected chi connectivity index (χ2v) is 7.70. The summed E-state index contributed by atoms with van der Waals surface area (Å²) in [6.07, 6.45) is 1.26. The van der Waals surface area contributed by atoms with Crippen molar-refractivity contribution >= 4 is 12.0 Å². The SMILES string of the molecule is CC[C@@H](Cc1ccc(OC)c(OCCCOC)c1)C(=O)N1C(=O)OC[C@H]1c1ccccc1. The number of methoxy groups -OCH3 is 2. The maximum atomic E-state index is 13.4. The smallest absolute Gasteiger partial charge is 0.417 e. The minimum atomic E-state index is -0.584. The molecule has 172 valence electrons. The Labute approximate surface area is 189 Å². The Hall–Kier alpha value is -3.06. The van der Waals surface area contributed by atoms with Gasteiger partial charge in [-0.15, -0.1) is 0 Å². The van der Waals surface area contributed by atoms with Crippen LogP contribution in [0.15, 0.2) is 48.5 Å². The fraction of sp³-hybridized carbons (Fsp3) is 0.440. The molecule has 0 aliphatic carbocycles. The van der Waals surface area contributed by atoms with Crippen LogP contribution in [0.1, 0.15) is 36.9 Å². The van der Waals surface area contributed by atoms with Crippen molar-refractivity contribution in [3.8, 4) is 11.5 Å². The van der Waals surface area contributed by atoms with Gasteiger partial charge < -0.3 is 18.9 Å². The van der Waals surface area contributed by atoms with Crippen LogP contribution in [-0.2, 0) is 20.7 Å². The first kappa shape index (κ1) is 23.6. The Morgan fingerprint density at radius 2 is 1.91 bits per heavy atom. The van der Waals surface area contributed by atoms with Gasteiger partial charge in [0.2, 0.25) is 5.91 Å². The summed E-state index contributed by atoms with van der Waals surface area (Å²) in [6, 6.07) is 14.8. The maximum Gasteiger partial charge on any atom is 0.417 e. The lowest BCUT2D eigenvalue weighted by Gasteiger charge is -2.25. The van der Waals surface area contributed by atoms with Crippen molar-refractivity contribution in [3.05, 3.63) is 59.7 Å². The molecule has 1 saturated heterocycles. The Morgan fingerprint density at radius 1 is 1.12 bits per heavy atom. The van der Waals surface area contributed by atoms with Crippen molar-refractivity contribution in [2.45, 2.75) is 32.2 Å². The van der Waals surface area contributed by atoms with Crippen molar-refractivity contribution in [2.24, 2.45) is 5.92 Å². The Morgan fingerprint density at radius 3 is 2.59 bits per heavy atom. The summed E-state index contributed by atoms with van der Waals surface area (Å²) in [5, 5.41) is 0. The largest absolute Gasteiger partial charge is 0.493 e. The molecule has 0 radical (unpaired) electrons. The van der Waals surface area contributed by atoms with Crippen LogP contribution in [0.3, 0.4) is 0 Å². The lowest BCUT2D eigenvalue weighted by Crippen LogP contribution is -2.39. The number of rotatable bonds is 11. The molecule has 32 heavy (non-hydrogen) atoms. The molecule has 1 fully saturated rings. The van der Waals surface area contributed by atoms with Gasteiger partial charge >= 0.3 is 6.09 Å². The first-order valence-electron chi connectivity index (χ1n) is 10.9. The summed E-state index contributed by atoms with van der Waals surface area (Å²) in [5.41, 5.74) is 1.83. The highest BCUT2D eigenvalue weighted by atomic mass is 16.6. The molecule has 1 aliphatic rings. The van der Waals surface area contributed by atoms with Gasteiger partial charge in [0.1, 0.15) is 12.6 Å². The normalized spacial score (nSPS) is 16.5. The third kappa shape index (κ3) is 5.59. The van der Waals surface area contributed by atoms with Crippen LogP contribution in [-0.4, -0.2) is 50.9 Å². The van der Waals surface area contributed by atoms with Crippen molar-refractivity contribution in [1.82, 2.24) is 4.90 Å². The van der Waals surface area contributed by atoms with Gasteiger partial charge in [-0.1, -0.05) is 43.3 Å². The molecular weight excluding hydrogens is 410 g/mol. The van der Waals surface area contributed by atoms with E-state index in [0.717, 1.165) is 17.5 Å². The molecule has 2 amide bonds. The van der Waals surface area contributed by atoms with Gasteiger partial charge in [-0.25, -0.2) is 9.69 Å². The van der Waals surface area contributed by atoms with E-state index < -0.39 is 12.1 Å². The first-order valence-corrected chi connectivity index (χ1v) is 10.9. The van der Waals surface area contributed by atoms with Crippen LogP contribution in [0.4, 0.5) is 4.79 Å². The molecule has 7 nitrogen and oxygen atoms in total. The highest BCUT2D eigenvalue weighted by molar-refractivity contribution is 5.95. The van der Waals surface area contributed by atoms with Crippen molar-refractivity contribution < 1.29 is 28.5 Å². The summed E-state index contributed by atoms with van der Waals surface area (Å²) in [4.78, 5) is 27.1. The number of imide groups is 1. The minimum Gasteiger partial charge on any atom is -0.493 e. The average Bonchev–Trinajstić information content (AvgIpc) is 3.21. The molecule has 2 aromatic carbocycles. The molecule has 0 unspecified atom stereocenters. The number of hydrogen-bond donors (Lipinski definition) is 0. The van der Waals surface area contributed by atoms with E-state index in [1.165, 1.54) is 4.90 Å². The van der Waals surface area contributed by atoms with Gasteiger partial charge in [0.15, 0.2) is 11.5 Å². The van der Waals surface area contributed by atoms with Crippen LogP contribution < -0.4 is 9.47 Å². The number of cyclic esters (lactones) is 1. The third-order valence-electron chi connectivity index (χ3n) is 5.60. The predicted molar refractivity (Wildman–Crippen MR) is 120 cm³/mol. The van der Waals surface area contributed by atoms with E-state index >= 15 is 0 Å². The topological polar surface area (TPSA) is 74.3 Å². The number of ether oxygens (including phenoxy) is 4. The number of amides is 2. The third-order valence-corrected chi connectivity index (χ3v) is 5.60. The van der Waals surface area contributed by atoms with Crippen LogP contribution in [0.5, 0.6) is 11.5 Å². The molecule has 2 atom stereocenters. The lowest BCUT2D eigenvalue weighted by molar-refractivity contribution is -0.133. The maximum absolute atomic E-state index is 13.4. The Bertz CT molecular complexity index is 901. The van der Waals surface area contributed by atoms with E-state index in [2.05, 4.69) is 0 Å². The van der Waals surface area contributed by atoms with Crippen LogP contribution in [0.25, 0.3) is 0 Å². The summed E-state index contributed by atoms with van der Waals surface area (Å²) >= 11 is 0. The molecule has 0 N–H and O–H groups in total. The van der Waals surface area contributed by atoms with Gasteiger partial charge in [0.05, 0.1) is 13.7 Å². The zero-order chi connectivity index (χ0) is 22.9. The zero-order valence-electron chi connectivity index (χ0n) is 18.9. The molecule has 0 spiro atoms. The molecule has 1 heterocycles. The van der Waals surface area contributed by atoms with E-state index in [-0.39, 0.29) is 18.4 Å². The summed E-state index contributed by atoms with van der Waals surface area (Å²) in [7, 11) is 3.25. The average molecular weight is 442 g/mol. The second-order valence-electron chi connectivity index (χ2n) is 7.70. The molecule has 1 aliphatic heterocycles. The molecule has 2 aromatic rings. The zero-order valence-corrected chi connectivity index (χ0v) is 18.9. The summed E-state index contributed by atoms with van der Waals surface area (Å²) in [6.45, 7) is 3.24. The molecule has 0 aromatic heterocycles. The van der Waals surface area contributed by atoms with Gasteiger partial charge in [0.25, 0.3) is 0 Å². The fourth-order valence-electron chi connectivity index (χ4n) is 3.82. The van der Waals surface area contributed by atoms with Gasteiger partial charge in [-0.3, -0.25) is 4.79 Å². The quantitative estimate of drug-likeness (QED) is 0.481. The first-order chi connectivity index (χ1) is 15.6. The monoisotopic (exact) mass is 441 g/mol. The fourth-order valence-corrected chi connectivity index (χ4v) is 3.82. The summed E-state index contributed by atoms with van der Waals surface area (Å²) < 4.78 is 21.6. The number of carbonyl (C=O) groups excluding carboxylic acids is 2. The van der Waals surface area contributed by atoms with Crippen molar-refractivity contribution in [3.63, 3.8) is 0 Å². The van der Waals surface area contributed by atoms with Crippen LogP contribution in [0, 0.1) is 5.92 Å². The molecule has 0 saturated carbocycles. The van der Waals surface area contributed by atoms with Crippen LogP contribution in [0.2, 0.25) is 0 Å². The lowest BCUT2D eigenvalue weighted by atomic mass is 9.94. The number of hydrogen-bond acceptors (Lipinski definition) is 6. The molecule has 3 rings (SSSR count). The van der Waals surface area contributed by atoms with Gasteiger partial charge in [-0.2, -0.15) is 0 Å². The number of benzene rings is 2. The predicted octanol–water partition coefficient (Wildman–Crippen LogP) is 4.40. The number of nitrogens with zero attached hydrogens (tertiary/aromatic N) is 1. The van der Waals surface area contributed by atoms with E-state index in [4.69, 9.17) is 18.9 Å². The molecule has 7 heteroatoms. The van der Waals surface area contributed by atoms with Crippen LogP contribution >= 0.6 is 0 Å².